The van der Waals surface area contributed by atoms with Gasteiger partial charge in [-0.1, -0.05) is 78.9 Å². The summed E-state index contributed by atoms with van der Waals surface area (Å²) >= 11 is 0. The summed E-state index contributed by atoms with van der Waals surface area (Å²) in [6, 6.07) is 20.2. The van der Waals surface area contributed by atoms with Crippen LogP contribution in [0.1, 0.15) is 29.7 Å². The van der Waals surface area contributed by atoms with E-state index in [1.807, 2.05) is 24.3 Å². The molecule has 1 aliphatic carbocycles. The second kappa shape index (κ2) is 11.4. The van der Waals surface area contributed by atoms with E-state index in [9.17, 15) is 31.5 Å². The Kier molecular flexibility index (Phi) is 7.74. The highest BCUT2D eigenvalue weighted by atomic mass is 19.2. The summed E-state index contributed by atoms with van der Waals surface area (Å²) in [5.74, 6) is -14.8. The van der Waals surface area contributed by atoms with Crippen molar-refractivity contribution in [3.05, 3.63) is 125 Å². The minimum atomic E-state index is -2.40. The van der Waals surface area contributed by atoms with Crippen molar-refractivity contribution in [2.45, 2.75) is 25.4 Å². The summed E-state index contributed by atoms with van der Waals surface area (Å²) in [6.45, 7) is 1.49. The average molecular weight is 568 g/mol. The van der Waals surface area contributed by atoms with Gasteiger partial charge in [-0.3, -0.25) is 4.90 Å². The van der Waals surface area contributed by atoms with Crippen molar-refractivity contribution in [3.63, 3.8) is 0 Å². The van der Waals surface area contributed by atoms with E-state index >= 15 is 0 Å². The van der Waals surface area contributed by atoms with E-state index in [1.165, 1.54) is 0 Å². The number of halogens is 5. The Balaban J connectivity index is 1.67. The molecule has 0 heterocycles. The number of fused-ring (bicyclic) bond motifs is 3. The molecule has 0 N–H and O–H groups in total. The Morgan fingerprint density at radius 3 is 1.76 bits per heavy atom. The molecular weight excluding hydrogens is 545 g/mol. The molecule has 0 saturated heterocycles. The van der Waals surface area contributed by atoms with Crippen molar-refractivity contribution >= 4 is 12.1 Å². The summed E-state index contributed by atoms with van der Waals surface area (Å²) in [4.78, 5) is 28.4. The van der Waals surface area contributed by atoms with Crippen molar-refractivity contribution in [3.8, 4) is 16.9 Å². The van der Waals surface area contributed by atoms with Gasteiger partial charge in [0.05, 0.1) is 12.6 Å². The van der Waals surface area contributed by atoms with Crippen LogP contribution < -0.4 is 4.74 Å². The first kappa shape index (κ1) is 27.8. The molecule has 1 amide bonds. The number of ether oxygens (including phenoxy) is 2. The van der Waals surface area contributed by atoms with Crippen molar-refractivity contribution in [2.75, 3.05) is 6.61 Å². The summed E-state index contributed by atoms with van der Waals surface area (Å²) in [5.41, 5.74) is 3.39. The summed E-state index contributed by atoms with van der Waals surface area (Å²) in [6.07, 6.45) is -1.17. The Hall–Kier alpha value is -4.73. The fourth-order valence-electron chi connectivity index (χ4n) is 5.01. The number of esters is 1. The van der Waals surface area contributed by atoms with Gasteiger partial charge in [-0.15, -0.1) is 0 Å². The van der Waals surface area contributed by atoms with Crippen LogP contribution in [0.2, 0.25) is 0 Å². The quantitative estimate of drug-likeness (QED) is 0.0784. The van der Waals surface area contributed by atoms with E-state index in [1.54, 1.807) is 61.5 Å². The third kappa shape index (κ3) is 5.01. The molecule has 4 aromatic carbocycles. The maximum absolute atomic E-state index is 14.5. The van der Waals surface area contributed by atoms with Crippen molar-refractivity contribution < 1.29 is 41.0 Å². The van der Waals surface area contributed by atoms with E-state index in [0.29, 0.717) is 16.7 Å². The molecule has 0 aromatic heterocycles. The highest BCUT2D eigenvalue weighted by Gasteiger charge is 2.44. The van der Waals surface area contributed by atoms with E-state index in [0.717, 1.165) is 16.0 Å². The molecular formula is C31H22F5NO4. The molecule has 5 rings (SSSR count). The number of hydrogen-bond donors (Lipinski definition) is 0. The fraction of sp³-hybridized carbons (Fsp3) is 0.161. The summed E-state index contributed by atoms with van der Waals surface area (Å²) in [5, 5.41) is 0. The van der Waals surface area contributed by atoms with Crippen LogP contribution in [-0.2, 0) is 16.0 Å². The van der Waals surface area contributed by atoms with E-state index in [4.69, 9.17) is 9.47 Å². The lowest BCUT2D eigenvalue weighted by molar-refractivity contribution is -0.141. The largest absolute Gasteiger partial charge is 0.450 e. The van der Waals surface area contributed by atoms with Crippen molar-refractivity contribution in [2.24, 2.45) is 0 Å². The lowest BCUT2D eigenvalue weighted by atomic mass is 9.98. The van der Waals surface area contributed by atoms with Crippen LogP contribution in [0.3, 0.4) is 0 Å². The Morgan fingerprint density at radius 2 is 1.22 bits per heavy atom. The number of hydrogen-bond acceptors (Lipinski definition) is 4. The maximum atomic E-state index is 14.5. The summed E-state index contributed by atoms with van der Waals surface area (Å²) in [7, 11) is 0. The molecule has 41 heavy (non-hydrogen) atoms. The molecule has 0 fully saturated rings. The van der Waals surface area contributed by atoms with Gasteiger partial charge in [0, 0.05) is 6.42 Å². The first-order valence-corrected chi connectivity index (χ1v) is 12.6. The first-order chi connectivity index (χ1) is 19.7. The number of carbonyl (C=O) groups is 2. The number of benzene rings is 4. The second-order valence-electron chi connectivity index (χ2n) is 9.21. The molecule has 0 spiro atoms. The van der Waals surface area contributed by atoms with Gasteiger partial charge in [-0.25, -0.2) is 22.8 Å². The maximum Gasteiger partial charge on any atom is 0.411 e. The molecule has 0 unspecified atom stereocenters. The lowest BCUT2D eigenvalue weighted by Gasteiger charge is -2.35. The number of carbonyl (C=O) groups excluding carboxylic acids is 2. The van der Waals surface area contributed by atoms with Crippen LogP contribution in [0, 0.1) is 29.1 Å². The molecule has 1 atom stereocenters. The summed E-state index contributed by atoms with van der Waals surface area (Å²) < 4.78 is 80.8. The molecule has 210 valence electrons. The first-order valence-electron chi connectivity index (χ1n) is 12.6. The van der Waals surface area contributed by atoms with Crippen molar-refractivity contribution in [1.29, 1.82) is 0 Å². The van der Waals surface area contributed by atoms with E-state index in [-0.39, 0.29) is 13.0 Å². The predicted octanol–water partition coefficient (Wildman–Crippen LogP) is 7.13. The van der Waals surface area contributed by atoms with Crippen LogP contribution in [0.15, 0.2) is 78.9 Å². The van der Waals surface area contributed by atoms with Gasteiger partial charge in [0.1, 0.15) is 6.04 Å². The highest BCUT2D eigenvalue weighted by Crippen LogP contribution is 2.47. The van der Waals surface area contributed by atoms with E-state index in [2.05, 4.69) is 0 Å². The Labute approximate surface area is 231 Å². The number of rotatable bonds is 7. The molecule has 4 aromatic rings. The lowest BCUT2D eigenvalue weighted by Crippen LogP contribution is -2.50. The van der Waals surface area contributed by atoms with E-state index < -0.39 is 59.0 Å². The third-order valence-electron chi connectivity index (χ3n) is 6.81. The van der Waals surface area contributed by atoms with Gasteiger partial charge in [0.2, 0.25) is 34.8 Å². The monoisotopic (exact) mass is 567 g/mol. The minimum absolute atomic E-state index is 0.0733. The van der Waals surface area contributed by atoms with Gasteiger partial charge in [0.25, 0.3) is 0 Å². The molecule has 0 bridgehead atoms. The zero-order valence-electron chi connectivity index (χ0n) is 21.5. The Morgan fingerprint density at radius 1 is 0.732 bits per heavy atom. The van der Waals surface area contributed by atoms with Gasteiger partial charge in [0.15, 0.2) is 0 Å². The molecule has 0 aliphatic heterocycles. The van der Waals surface area contributed by atoms with Crippen LogP contribution in [-0.4, -0.2) is 29.6 Å². The smallest absolute Gasteiger partial charge is 0.411 e. The SMILES string of the molecule is CCOC(=O)N(C1c2ccccc2-c2ccccc21)[C@@H](Cc1ccccc1)C(=O)Oc1c(F)c(F)c(F)c(F)c1F. The van der Waals surface area contributed by atoms with Crippen molar-refractivity contribution in [1.82, 2.24) is 4.90 Å². The molecule has 10 heteroatoms. The molecule has 0 radical (unpaired) electrons. The zero-order valence-corrected chi connectivity index (χ0v) is 21.5. The number of amides is 1. The number of nitrogens with zero attached hydrogens (tertiary/aromatic N) is 1. The normalized spacial score (nSPS) is 12.8. The minimum Gasteiger partial charge on any atom is -0.450 e. The topological polar surface area (TPSA) is 55.8 Å². The van der Waals surface area contributed by atoms with Crippen LogP contribution in [0.5, 0.6) is 5.75 Å². The highest BCUT2D eigenvalue weighted by molar-refractivity contribution is 5.87. The predicted molar refractivity (Wildman–Crippen MR) is 138 cm³/mol. The molecule has 0 saturated carbocycles. The van der Waals surface area contributed by atoms with Gasteiger partial charge >= 0.3 is 12.1 Å². The van der Waals surface area contributed by atoms with Gasteiger partial charge < -0.3 is 9.47 Å². The Bertz CT molecular complexity index is 1550. The van der Waals surface area contributed by atoms with Crippen LogP contribution in [0.25, 0.3) is 11.1 Å². The molecule has 1 aliphatic rings. The fourth-order valence-corrected chi connectivity index (χ4v) is 5.01. The van der Waals surface area contributed by atoms with Gasteiger partial charge in [-0.2, -0.15) is 8.78 Å². The van der Waals surface area contributed by atoms with Crippen LogP contribution in [0.4, 0.5) is 26.7 Å². The molecule has 5 nitrogen and oxygen atoms in total. The standard InChI is InChI=1S/C31H22F5NO4/c1-2-40-31(39)37(28-20-14-8-6-12-18(20)19-13-7-9-15-21(19)28)22(16-17-10-4-3-5-11-17)30(38)41-29-26(35)24(33)23(32)25(34)27(29)36/h3-15,22,28H,2,16H2,1H3/t22-/m0/s1. The van der Waals surface area contributed by atoms with Gasteiger partial charge in [-0.05, 0) is 34.7 Å². The zero-order chi connectivity index (χ0) is 29.3. The van der Waals surface area contributed by atoms with Crippen LogP contribution >= 0.6 is 0 Å². The third-order valence-corrected chi connectivity index (χ3v) is 6.81. The second-order valence-corrected chi connectivity index (χ2v) is 9.21. The average Bonchev–Trinajstić information content (AvgIpc) is 3.32.